The standard InChI is InChI=1S/C29H33NO6/c1-6-16(2)36-29(33)26-17(3)30-22-13-20(19-9-12-24(34-4)25(15-19)35-5)14-23(32)28(22)27(26)18-7-10-21(31)11-8-18/h7-12,15-16,20,27,30-31H,6,13-14H2,1-5H3/t16-,20+,27-/m1/s1. The molecule has 2 N–H and O–H groups in total. The van der Waals surface area contributed by atoms with Crippen LogP contribution in [0.3, 0.4) is 0 Å². The Labute approximate surface area is 211 Å². The van der Waals surface area contributed by atoms with Crippen LogP contribution in [0.5, 0.6) is 17.2 Å². The zero-order chi connectivity index (χ0) is 26.0. The first kappa shape index (κ1) is 25.4. The average Bonchev–Trinajstić information content (AvgIpc) is 2.87. The van der Waals surface area contributed by atoms with E-state index in [1.807, 2.05) is 39.0 Å². The van der Waals surface area contributed by atoms with Crippen molar-refractivity contribution < 1.29 is 28.9 Å². The molecule has 2 aromatic carbocycles. The fourth-order valence-corrected chi connectivity index (χ4v) is 4.98. The van der Waals surface area contributed by atoms with E-state index >= 15 is 0 Å². The van der Waals surface area contributed by atoms with Gasteiger partial charge in [0.15, 0.2) is 17.3 Å². The van der Waals surface area contributed by atoms with Gasteiger partial charge in [-0.15, -0.1) is 0 Å². The third kappa shape index (κ3) is 4.83. The van der Waals surface area contributed by atoms with Crippen molar-refractivity contribution in [3.05, 3.63) is 76.1 Å². The Morgan fingerprint density at radius 3 is 2.36 bits per heavy atom. The first-order valence-electron chi connectivity index (χ1n) is 12.2. The fraction of sp³-hybridized carbons (Fsp3) is 0.379. The summed E-state index contributed by atoms with van der Waals surface area (Å²) in [6.07, 6.45) is 1.35. The lowest BCUT2D eigenvalue weighted by Gasteiger charge is -2.37. The molecule has 0 spiro atoms. The number of hydrogen-bond acceptors (Lipinski definition) is 7. The molecule has 1 aliphatic carbocycles. The van der Waals surface area contributed by atoms with E-state index in [-0.39, 0.29) is 23.6 Å². The molecule has 2 aromatic rings. The number of dihydropyridines is 1. The zero-order valence-corrected chi connectivity index (χ0v) is 21.4. The predicted molar refractivity (Wildman–Crippen MR) is 136 cm³/mol. The number of nitrogens with one attached hydrogen (secondary N) is 1. The highest BCUT2D eigenvalue weighted by molar-refractivity contribution is 6.04. The van der Waals surface area contributed by atoms with Gasteiger partial charge in [-0.2, -0.15) is 0 Å². The summed E-state index contributed by atoms with van der Waals surface area (Å²) in [4.78, 5) is 27.0. The third-order valence-electron chi connectivity index (χ3n) is 7.04. The number of Topliss-reactive ketones (excluding diaryl/α,β-unsaturated/α-hetero) is 1. The molecule has 0 amide bonds. The summed E-state index contributed by atoms with van der Waals surface area (Å²) in [5.41, 5.74) is 4.23. The van der Waals surface area contributed by atoms with Crippen molar-refractivity contribution in [3.8, 4) is 17.2 Å². The second kappa shape index (κ2) is 10.5. The molecule has 36 heavy (non-hydrogen) atoms. The molecule has 7 nitrogen and oxygen atoms in total. The van der Waals surface area contributed by atoms with Gasteiger partial charge in [0, 0.05) is 29.3 Å². The number of aromatic hydroxyl groups is 1. The number of allylic oxidation sites excluding steroid dienone is 3. The maximum atomic E-state index is 13.7. The van der Waals surface area contributed by atoms with Crippen LogP contribution in [0.15, 0.2) is 65.0 Å². The minimum absolute atomic E-state index is 0.0250. The number of phenols is 1. The van der Waals surface area contributed by atoms with Gasteiger partial charge in [-0.3, -0.25) is 4.79 Å². The largest absolute Gasteiger partial charge is 0.508 e. The summed E-state index contributed by atoms with van der Waals surface area (Å²) in [5.74, 6) is 0.288. The highest BCUT2D eigenvalue weighted by Gasteiger charge is 2.41. The van der Waals surface area contributed by atoms with E-state index in [1.54, 1.807) is 38.5 Å². The molecule has 0 fully saturated rings. The number of methoxy groups -OCH3 is 2. The Balaban J connectivity index is 1.76. The second-order valence-corrected chi connectivity index (χ2v) is 9.35. The second-order valence-electron chi connectivity index (χ2n) is 9.35. The predicted octanol–water partition coefficient (Wildman–Crippen LogP) is 5.11. The molecule has 0 saturated heterocycles. The quantitative estimate of drug-likeness (QED) is 0.520. The molecule has 0 radical (unpaired) electrons. The maximum Gasteiger partial charge on any atom is 0.337 e. The van der Waals surface area contributed by atoms with Gasteiger partial charge in [0.25, 0.3) is 0 Å². The van der Waals surface area contributed by atoms with E-state index in [0.29, 0.717) is 47.6 Å². The van der Waals surface area contributed by atoms with Crippen LogP contribution < -0.4 is 14.8 Å². The van der Waals surface area contributed by atoms with Crippen LogP contribution in [0, 0.1) is 0 Å². The van der Waals surface area contributed by atoms with Crippen molar-refractivity contribution in [3.63, 3.8) is 0 Å². The van der Waals surface area contributed by atoms with Crippen molar-refractivity contribution in [2.45, 2.75) is 58.0 Å². The number of rotatable bonds is 7. The number of carbonyl (C=O) groups is 2. The molecule has 2 aliphatic rings. The number of ether oxygens (including phenoxy) is 3. The van der Waals surface area contributed by atoms with Gasteiger partial charge in [-0.1, -0.05) is 25.1 Å². The number of phenolic OH excluding ortho intramolecular Hbond substituents is 1. The molecule has 0 saturated carbocycles. The molecule has 0 unspecified atom stereocenters. The number of carbonyl (C=O) groups excluding carboxylic acids is 2. The maximum absolute atomic E-state index is 13.7. The van der Waals surface area contributed by atoms with Gasteiger partial charge in [0.05, 0.1) is 25.9 Å². The Bertz CT molecular complexity index is 1230. The lowest BCUT2D eigenvalue weighted by atomic mass is 9.71. The van der Waals surface area contributed by atoms with Gasteiger partial charge in [0.2, 0.25) is 0 Å². The first-order valence-corrected chi connectivity index (χ1v) is 12.2. The molecule has 4 rings (SSSR count). The van der Waals surface area contributed by atoms with E-state index in [1.165, 1.54) is 0 Å². The van der Waals surface area contributed by atoms with Gasteiger partial charge in [-0.05, 0) is 68.0 Å². The number of benzene rings is 2. The number of hydrogen-bond donors (Lipinski definition) is 2. The summed E-state index contributed by atoms with van der Waals surface area (Å²) in [7, 11) is 3.18. The lowest BCUT2D eigenvalue weighted by Crippen LogP contribution is -2.36. The number of ketones is 1. The molecule has 190 valence electrons. The zero-order valence-electron chi connectivity index (χ0n) is 21.4. The number of esters is 1. The van der Waals surface area contributed by atoms with Gasteiger partial charge in [0.1, 0.15) is 5.75 Å². The Morgan fingerprint density at radius 1 is 1.06 bits per heavy atom. The van der Waals surface area contributed by atoms with Gasteiger partial charge in [-0.25, -0.2) is 4.79 Å². The van der Waals surface area contributed by atoms with Crippen LogP contribution in [0.25, 0.3) is 0 Å². The van der Waals surface area contributed by atoms with Gasteiger partial charge < -0.3 is 24.6 Å². The summed E-state index contributed by atoms with van der Waals surface area (Å²) in [6.45, 7) is 5.65. The first-order chi connectivity index (χ1) is 17.3. The van der Waals surface area contributed by atoms with E-state index in [9.17, 15) is 14.7 Å². The molecule has 7 heteroatoms. The van der Waals surface area contributed by atoms with Crippen molar-refractivity contribution >= 4 is 11.8 Å². The van der Waals surface area contributed by atoms with Crippen LogP contribution in [0.4, 0.5) is 0 Å². The van der Waals surface area contributed by atoms with Crippen LogP contribution >= 0.6 is 0 Å². The lowest BCUT2D eigenvalue weighted by molar-refractivity contribution is -0.144. The van der Waals surface area contributed by atoms with Crippen LogP contribution in [0.2, 0.25) is 0 Å². The molecular formula is C29H33NO6. The summed E-state index contributed by atoms with van der Waals surface area (Å²) in [5, 5.41) is 13.2. The highest BCUT2D eigenvalue weighted by Crippen LogP contribution is 2.46. The van der Waals surface area contributed by atoms with Crippen molar-refractivity contribution in [1.29, 1.82) is 0 Å². The van der Waals surface area contributed by atoms with Crippen LogP contribution in [-0.2, 0) is 14.3 Å². The van der Waals surface area contributed by atoms with Crippen LogP contribution in [-0.4, -0.2) is 37.2 Å². The topological polar surface area (TPSA) is 94.1 Å². The van der Waals surface area contributed by atoms with Crippen LogP contribution in [0.1, 0.15) is 63.0 Å². The molecule has 1 heterocycles. The molecule has 1 aliphatic heterocycles. The Kier molecular flexibility index (Phi) is 7.38. The average molecular weight is 492 g/mol. The highest BCUT2D eigenvalue weighted by atomic mass is 16.5. The SMILES string of the molecule is CC[C@@H](C)OC(=O)C1=C(C)NC2=C(C(=O)C[C@@H](c3ccc(OC)c(OC)c3)C2)[C@@H]1c1ccc(O)cc1. The van der Waals surface area contributed by atoms with E-state index in [4.69, 9.17) is 14.2 Å². The normalized spacial score (nSPS) is 20.4. The third-order valence-corrected chi connectivity index (χ3v) is 7.04. The summed E-state index contributed by atoms with van der Waals surface area (Å²) >= 11 is 0. The van der Waals surface area contributed by atoms with E-state index < -0.39 is 11.9 Å². The monoisotopic (exact) mass is 491 g/mol. The minimum Gasteiger partial charge on any atom is -0.508 e. The Morgan fingerprint density at radius 2 is 1.72 bits per heavy atom. The molecule has 3 atom stereocenters. The van der Waals surface area contributed by atoms with Crippen molar-refractivity contribution in [2.24, 2.45) is 0 Å². The van der Waals surface area contributed by atoms with Crippen molar-refractivity contribution in [2.75, 3.05) is 14.2 Å². The van der Waals surface area contributed by atoms with E-state index in [2.05, 4.69) is 5.32 Å². The van der Waals surface area contributed by atoms with Gasteiger partial charge >= 0.3 is 5.97 Å². The summed E-state index contributed by atoms with van der Waals surface area (Å²) < 4.78 is 16.5. The molecular weight excluding hydrogens is 458 g/mol. The smallest absolute Gasteiger partial charge is 0.337 e. The Hall–Kier alpha value is -3.74. The molecule has 0 bridgehead atoms. The van der Waals surface area contributed by atoms with Crippen molar-refractivity contribution in [1.82, 2.24) is 5.32 Å². The minimum atomic E-state index is -0.572. The fourth-order valence-electron chi connectivity index (χ4n) is 4.98. The summed E-state index contributed by atoms with van der Waals surface area (Å²) in [6, 6.07) is 12.4. The van der Waals surface area contributed by atoms with E-state index in [0.717, 1.165) is 16.8 Å². The molecule has 0 aromatic heterocycles.